The average molecular weight is 383 g/mol. The SMILES string of the molecule is CC[C@H](C(=O)NC)N(Cc1cccc(C)c1)C(=O)COc1cc(C)ccc1C. The standard InChI is InChI=1S/C23H30N2O3/c1-6-20(23(27)24-5)25(14-19-9-7-8-16(2)12-19)22(26)15-28-21-13-17(3)10-11-18(21)4/h7-13,20H,6,14-15H2,1-5H3,(H,24,27)/t20-/m1/s1. The van der Waals surface area contributed by atoms with E-state index in [2.05, 4.69) is 5.32 Å². The third-order valence-electron chi connectivity index (χ3n) is 4.76. The van der Waals surface area contributed by atoms with Crippen molar-refractivity contribution in [2.75, 3.05) is 13.7 Å². The van der Waals surface area contributed by atoms with Crippen LogP contribution in [0.2, 0.25) is 0 Å². The van der Waals surface area contributed by atoms with Gasteiger partial charge in [0.2, 0.25) is 5.91 Å². The molecule has 0 fully saturated rings. The summed E-state index contributed by atoms with van der Waals surface area (Å²) in [6.45, 7) is 8.10. The molecule has 5 heteroatoms. The predicted octanol–water partition coefficient (Wildman–Crippen LogP) is 3.54. The lowest BCUT2D eigenvalue weighted by molar-refractivity contribution is -0.142. The first-order valence-corrected chi connectivity index (χ1v) is 9.62. The summed E-state index contributed by atoms with van der Waals surface area (Å²) < 4.78 is 5.81. The molecule has 2 aromatic rings. The third kappa shape index (κ3) is 5.59. The van der Waals surface area contributed by atoms with Crippen molar-refractivity contribution in [2.24, 2.45) is 0 Å². The van der Waals surface area contributed by atoms with Crippen LogP contribution in [0.1, 0.15) is 35.6 Å². The van der Waals surface area contributed by atoms with Crippen molar-refractivity contribution in [3.8, 4) is 5.75 Å². The lowest BCUT2D eigenvalue weighted by Gasteiger charge is -2.30. The number of nitrogens with one attached hydrogen (secondary N) is 1. The molecule has 2 rings (SSSR count). The molecule has 0 unspecified atom stereocenters. The van der Waals surface area contributed by atoms with Crippen molar-refractivity contribution in [3.05, 3.63) is 64.7 Å². The van der Waals surface area contributed by atoms with Gasteiger partial charge in [0.25, 0.3) is 5.91 Å². The molecule has 0 saturated carbocycles. The summed E-state index contributed by atoms with van der Waals surface area (Å²) in [6.07, 6.45) is 0.528. The molecule has 0 spiro atoms. The second-order valence-corrected chi connectivity index (χ2v) is 7.11. The zero-order valence-corrected chi connectivity index (χ0v) is 17.4. The predicted molar refractivity (Wildman–Crippen MR) is 111 cm³/mol. The van der Waals surface area contributed by atoms with Crippen molar-refractivity contribution in [2.45, 2.75) is 46.7 Å². The number of hydrogen-bond acceptors (Lipinski definition) is 3. The van der Waals surface area contributed by atoms with Crippen LogP contribution in [0.4, 0.5) is 0 Å². The van der Waals surface area contributed by atoms with Gasteiger partial charge in [-0.1, -0.05) is 48.9 Å². The van der Waals surface area contributed by atoms with E-state index >= 15 is 0 Å². The molecule has 1 N–H and O–H groups in total. The van der Waals surface area contributed by atoms with Crippen molar-refractivity contribution in [3.63, 3.8) is 0 Å². The van der Waals surface area contributed by atoms with E-state index in [0.29, 0.717) is 18.7 Å². The van der Waals surface area contributed by atoms with Gasteiger partial charge in [0, 0.05) is 13.6 Å². The number of carbonyl (C=O) groups is 2. The van der Waals surface area contributed by atoms with Gasteiger partial charge in [0.1, 0.15) is 11.8 Å². The van der Waals surface area contributed by atoms with Crippen LogP contribution in [-0.2, 0) is 16.1 Å². The summed E-state index contributed by atoms with van der Waals surface area (Å²) in [5.41, 5.74) is 4.15. The van der Waals surface area contributed by atoms with Gasteiger partial charge in [-0.2, -0.15) is 0 Å². The van der Waals surface area contributed by atoms with Gasteiger partial charge >= 0.3 is 0 Å². The van der Waals surface area contributed by atoms with Gasteiger partial charge < -0.3 is 15.0 Å². The molecule has 0 aliphatic rings. The quantitative estimate of drug-likeness (QED) is 0.760. The monoisotopic (exact) mass is 382 g/mol. The lowest BCUT2D eigenvalue weighted by Crippen LogP contribution is -2.49. The minimum atomic E-state index is -0.541. The molecule has 5 nitrogen and oxygen atoms in total. The molecule has 2 amide bonds. The highest BCUT2D eigenvalue weighted by Crippen LogP contribution is 2.20. The zero-order chi connectivity index (χ0) is 20.7. The van der Waals surface area contributed by atoms with Crippen LogP contribution in [0.15, 0.2) is 42.5 Å². The number of benzene rings is 2. The third-order valence-corrected chi connectivity index (χ3v) is 4.76. The fourth-order valence-corrected chi connectivity index (χ4v) is 3.18. The van der Waals surface area contributed by atoms with Crippen LogP contribution in [0.5, 0.6) is 5.75 Å². The highest BCUT2D eigenvalue weighted by molar-refractivity contribution is 5.88. The second kappa shape index (κ2) is 9.93. The number of amides is 2. The van der Waals surface area contributed by atoms with Crippen molar-refractivity contribution in [1.29, 1.82) is 0 Å². The Morgan fingerprint density at radius 3 is 2.43 bits per heavy atom. The lowest BCUT2D eigenvalue weighted by atomic mass is 10.1. The molecule has 0 radical (unpaired) electrons. The molecule has 0 saturated heterocycles. The Bertz CT molecular complexity index is 832. The maximum Gasteiger partial charge on any atom is 0.261 e. The molecule has 0 aliphatic carbocycles. The van der Waals surface area contributed by atoms with Gasteiger partial charge in [-0.3, -0.25) is 9.59 Å². The zero-order valence-electron chi connectivity index (χ0n) is 17.4. The summed E-state index contributed by atoms with van der Waals surface area (Å²) in [6, 6.07) is 13.3. The fraction of sp³-hybridized carbons (Fsp3) is 0.391. The molecular formula is C23H30N2O3. The van der Waals surface area contributed by atoms with Crippen molar-refractivity contribution >= 4 is 11.8 Å². The largest absolute Gasteiger partial charge is 0.483 e. The molecule has 0 aromatic heterocycles. The molecular weight excluding hydrogens is 352 g/mol. The Morgan fingerprint density at radius 2 is 1.79 bits per heavy atom. The summed E-state index contributed by atoms with van der Waals surface area (Å²) >= 11 is 0. The molecule has 150 valence electrons. The van der Waals surface area contributed by atoms with Crippen LogP contribution >= 0.6 is 0 Å². The van der Waals surface area contributed by atoms with Gasteiger partial charge in [-0.25, -0.2) is 0 Å². The van der Waals surface area contributed by atoms with Gasteiger partial charge in [-0.15, -0.1) is 0 Å². The van der Waals surface area contributed by atoms with Crippen LogP contribution < -0.4 is 10.1 Å². The fourth-order valence-electron chi connectivity index (χ4n) is 3.18. The number of likely N-dealkylation sites (N-methyl/N-ethyl adjacent to an activating group) is 1. The first kappa shape index (κ1) is 21.5. The van der Waals surface area contributed by atoms with E-state index in [1.54, 1.807) is 11.9 Å². The van der Waals surface area contributed by atoms with Crippen molar-refractivity contribution in [1.82, 2.24) is 10.2 Å². The maximum atomic E-state index is 13.0. The summed E-state index contributed by atoms with van der Waals surface area (Å²) in [4.78, 5) is 27.0. The van der Waals surface area contributed by atoms with E-state index in [1.807, 2.05) is 70.2 Å². The molecule has 2 aromatic carbocycles. The van der Waals surface area contributed by atoms with Gasteiger partial charge in [0.15, 0.2) is 6.61 Å². The molecule has 0 aliphatic heterocycles. The topological polar surface area (TPSA) is 58.6 Å². The summed E-state index contributed by atoms with van der Waals surface area (Å²) in [7, 11) is 1.59. The number of ether oxygens (including phenoxy) is 1. The van der Waals surface area contributed by atoms with Gasteiger partial charge in [0.05, 0.1) is 0 Å². The highest BCUT2D eigenvalue weighted by Gasteiger charge is 2.28. The first-order valence-electron chi connectivity index (χ1n) is 9.62. The molecule has 1 atom stereocenters. The number of nitrogens with zero attached hydrogens (tertiary/aromatic N) is 1. The first-order chi connectivity index (χ1) is 13.3. The number of rotatable bonds is 8. The average Bonchev–Trinajstić information content (AvgIpc) is 2.68. The minimum absolute atomic E-state index is 0.108. The Kier molecular flexibility index (Phi) is 7.61. The minimum Gasteiger partial charge on any atom is -0.483 e. The van der Waals surface area contributed by atoms with Crippen LogP contribution in [0.3, 0.4) is 0 Å². The Hall–Kier alpha value is -2.82. The second-order valence-electron chi connectivity index (χ2n) is 7.11. The van der Waals surface area contributed by atoms with Gasteiger partial charge in [-0.05, 0) is 49.9 Å². The Balaban J connectivity index is 2.22. The Morgan fingerprint density at radius 1 is 1.07 bits per heavy atom. The van der Waals surface area contributed by atoms with E-state index < -0.39 is 6.04 Å². The van der Waals surface area contributed by atoms with Crippen LogP contribution in [-0.4, -0.2) is 36.4 Å². The van der Waals surface area contributed by atoms with E-state index in [-0.39, 0.29) is 18.4 Å². The summed E-state index contributed by atoms with van der Waals surface area (Å²) in [5.74, 6) is 0.310. The number of hydrogen-bond donors (Lipinski definition) is 1. The van der Waals surface area contributed by atoms with E-state index in [4.69, 9.17) is 4.74 Å². The normalized spacial score (nSPS) is 11.6. The number of carbonyl (C=O) groups excluding carboxylic acids is 2. The number of aryl methyl sites for hydroxylation is 3. The van der Waals surface area contributed by atoms with E-state index in [1.165, 1.54) is 0 Å². The smallest absolute Gasteiger partial charge is 0.261 e. The molecule has 0 heterocycles. The summed E-state index contributed by atoms with van der Waals surface area (Å²) in [5, 5.41) is 2.67. The Labute approximate surface area is 167 Å². The highest BCUT2D eigenvalue weighted by atomic mass is 16.5. The van der Waals surface area contributed by atoms with Crippen LogP contribution in [0, 0.1) is 20.8 Å². The maximum absolute atomic E-state index is 13.0. The molecule has 0 bridgehead atoms. The van der Waals surface area contributed by atoms with E-state index in [0.717, 1.165) is 22.3 Å². The van der Waals surface area contributed by atoms with E-state index in [9.17, 15) is 9.59 Å². The van der Waals surface area contributed by atoms with Crippen molar-refractivity contribution < 1.29 is 14.3 Å². The van der Waals surface area contributed by atoms with Crippen LogP contribution in [0.25, 0.3) is 0 Å². The molecule has 28 heavy (non-hydrogen) atoms.